The highest BCUT2D eigenvalue weighted by Gasteiger charge is 2.53. The number of nitrogens with one attached hydrogen (secondary N) is 1. The van der Waals surface area contributed by atoms with Crippen molar-refractivity contribution in [1.29, 1.82) is 0 Å². The van der Waals surface area contributed by atoms with Crippen LogP contribution in [0, 0.1) is 17.7 Å². The molecule has 26 heavy (non-hydrogen) atoms. The highest BCUT2D eigenvalue weighted by atomic mass is 19.1. The van der Waals surface area contributed by atoms with Crippen LogP contribution in [0.25, 0.3) is 11.3 Å². The number of pyridine rings is 1. The molecule has 136 valence electrons. The predicted molar refractivity (Wildman–Crippen MR) is 96.0 cm³/mol. The van der Waals surface area contributed by atoms with E-state index >= 15 is 0 Å². The molecule has 4 rings (SSSR count). The number of aromatic nitrogens is 1. The van der Waals surface area contributed by atoms with Crippen molar-refractivity contribution < 1.29 is 14.3 Å². The zero-order chi connectivity index (χ0) is 18.6. The molecule has 3 atom stereocenters. The van der Waals surface area contributed by atoms with Gasteiger partial charge in [0.05, 0.1) is 5.69 Å². The van der Waals surface area contributed by atoms with Crippen LogP contribution < -0.4 is 16.2 Å². The van der Waals surface area contributed by atoms with Gasteiger partial charge >= 0.3 is 5.97 Å². The largest absolute Gasteiger partial charge is 0.477 e. The molecule has 0 spiro atoms. The maximum absolute atomic E-state index is 14.8. The average molecular weight is 357 g/mol. The number of rotatable bonds is 4. The van der Waals surface area contributed by atoms with Crippen LogP contribution in [0.2, 0.25) is 0 Å². The minimum absolute atomic E-state index is 0.265. The van der Waals surface area contributed by atoms with Crippen molar-refractivity contribution >= 4 is 11.7 Å². The molecule has 0 amide bonds. The minimum atomic E-state index is -1.30. The second-order valence-corrected chi connectivity index (χ2v) is 7.05. The molecule has 1 aromatic carbocycles. The van der Waals surface area contributed by atoms with E-state index in [-0.39, 0.29) is 17.2 Å². The van der Waals surface area contributed by atoms with Crippen molar-refractivity contribution in [1.82, 2.24) is 4.98 Å². The lowest BCUT2D eigenvalue weighted by Crippen LogP contribution is -2.28. The van der Waals surface area contributed by atoms with E-state index < -0.39 is 17.3 Å². The lowest BCUT2D eigenvalue weighted by molar-refractivity contribution is 0.0695. The number of nitrogens with zero attached hydrogens (tertiary/aromatic N) is 1. The SMILES string of the molecule is CCc1cc(C(=O)O)c(=O)[nH]c1-c1ccc(N2C[C@@H]3[C@H](N)[C@@H]3C2)cc1F. The number of aromatic carboxylic acids is 1. The molecule has 2 aliphatic rings. The van der Waals surface area contributed by atoms with Crippen molar-refractivity contribution in [2.75, 3.05) is 18.0 Å². The first kappa shape index (κ1) is 16.8. The van der Waals surface area contributed by atoms with E-state index in [0.29, 0.717) is 29.5 Å². The van der Waals surface area contributed by atoms with Crippen molar-refractivity contribution in [3.05, 3.63) is 51.6 Å². The van der Waals surface area contributed by atoms with Crippen LogP contribution in [0.5, 0.6) is 0 Å². The third-order valence-corrected chi connectivity index (χ3v) is 5.58. The topological polar surface area (TPSA) is 99.4 Å². The van der Waals surface area contributed by atoms with E-state index in [1.165, 1.54) is 12.1 Å². The summed E-state index contributed by atoms with van der Waals surface area (Å²) < 4.78 is 14.8. The summed E-state index contributed by atoms with van der Waals surface area (Å²) in [6.45, 7) is 3.51. The number of benzene rings is 1. The summed E-state index contributed by atoms with van der Waals surface area (Å²) in [5.41, 5.74) is 6.85. The van der Waals surface area contributed by atoms with Crippen LogP contribution in [0.4, 0.5) is 10.1 Å². The van der Waals surface area contributed by atoms with Gasteiger partial charge in [-0.3, -0.25) is 4.79 Å². The number of H-pyrrole nitrogens is 1. The Morgan fingerprint density at radius 2 is 2.04 bits per heavy atom. The Kier molecular flexibility index (Phi) is 3.84. The molecule has 4 N–H and O–H groups in total. The number of carboxylic acid groups (broad SMARTS) is 1. The highest BCUT2D eigenvalue weighted by Crippen LogP contribution is 2.45. The molecular weight excluding hydrogens is 337 g/mol. The molecule has 2 fully saturated rings. The number of halogens is 1. The maximum atomic E-state index is 14.8. The Morgan fingerprint density at radius 1 is 1.35 bits per heavy atom. The minimum Gasteiger partial charge on any atom is -0.477 e. The van der Waals surface area contributed by atoms with Crippen LogP contribution in [0.1, 0.15) is 22.8 Å². The summed E-state index contributed by atoms with van der Waals surface area (Å²) in [5, 5.41) is 9.09. The second kappa shape index (κ2) is 5.95. The van der Waals surface area contributed by atoms with Crippen LogP contribution in [-0.4, -0.2) is 35.2 Å². The van der Waals surface area contributed by atoms with E-state index in [1.807, 2.05) is 13.0 Å². The molecule has 1 aliphatic heterocycles. The Morgan fingerprint density at radius 3 is 2.62 bits per heavy atom. The first-order valence-electron chi connectivity index (χ1n) is 8.70. The van der Waals surface area contributed by atoms with Gasteiger partial charge in [-0.15, -0.1) is 0 Å². The van der Waals surface area contributed by atoms with Gasteiger partial charge in [-0.25, -0.2) is 9.18 Å². The predicted octanol–water partition coefficient (Wildman–Crippen LogP) is 1.83. The summed E-state index contributed by atoms with van der Waals surface area (Å²) in [4.78, 5) is 27.8. The van der Waals surface area contributed by atoms with Crippen LogP contribution >= 0.6 is 0 Å². The Balaban J connectivity index is 1.69. The molecule has 0 unspecified atom stereocenters. The molecule has 6 nitrogen and oxygen atoms in total. The molecule has 0 bridgehead atoms. The third kappa shape index (κ3) is 2.59. The first-order valence-corrected chi connectivity index (χ1v) is 8.70. The molecule has 0 radical (unpaired) electrons. The number of carboxylic acids is 1. The van der Waals surface area contributed by atoms with Crippen molar-refractivity contribution in [2.24, 2.45) is 17.6 Å². The van der Waals surface area contributed by atoms with Gasteiger partial charge in [-0.2, -0.15) is 0 Å². The zero-order valence-corrected chi connectivity index (χ0v) is 14.3. The smallest absolute Gasteiger partial charge is 0.341 e. The van der Waals surface area contributed by atoms with E-state index in [1.54, 1.807) is 6.07 Å². The van der Waals surface area contributed by atoms with Crippen LogP contribution in [0.3, 0.4) is 0 Å². The highest BCUT2D eigenvalue weighted by molar-refractivity contribution is 5.88. The lowest BCUT2D eigenvalue weighted by Gasteiger charge is -2.22. The number of hydrogen-bond donors (Lipinski definition) is 3. The second-order valence-electron chi connectivity index (χ2n) is 7.05. The van der Waals surface area contributed by atoms with E-state index in [0.717, 1.165) is 18.8 Å². The number of aryl methyl sites for hydroxylation is 1. The Hall–Kier alpha value is -2.67. The molecule has 1 saturated carbocycles. The third-order valence-electron chi connectivity index (χ3n) is 5.58. The van der Waals surface area contributed by atoms with Gasteiger partial charge in [0.15, 0.2) is 0 Å². The zero-order valence-electron chi connectivity index (χ0n) is 14.3. The fourth-order valence-electron chi connectivity index (χ4n) is 3.94. The number of nitrogens with two attached hydrogens (primary N) is 1. The number of piperidine rings is 1. The van der Waals surface area contributed by atoms with Gasteiger partial charge in [0.2, 0.25) is 0 Å². The van der Waals surface area contributed by atoms with E-state index in [4.69, 9.17) is 10.8 Å². The summed E-state index contributed by atoms with van der Waals surface area (Å²) in [6, 6.07) is 6.53. The summed E-state index contributed by atoms with van der Waals surface area (Å²) in [7, 11) is 0. The number of aromatic amines is 1. The van der Waals surface area contributed by atoms with Crippen molar-refractivity contribution in [2.45, 2.75) is 19.4 Å². The first-order chi connectivity index (χ1) is 12.4. The van der Waals surface area contributed by atoms with Gasteiger partial charge < -0.3 is 20.7 Å². The number of fused-ring (bicyclic) bond motifs is 1. The monoisotopic (exact) mass is 357 g/mol. The molecule has 1 saturated heterocycles. The summed E-state index contributed by atoms with van der Waals surface area (Å²) in [5.74, 6) is -0.733. The Bertz CT molecular complexity index is 944. The van der Waals surface area contributed by atoms with Crippen molar-refractivity contribution in [3.8, 4) is 11.3 Å². The standard InChI is InChI=1S/C19H20FN3O3/c1-2-9-5-12(19(25)26)18(24)22-17(9)11-4-3-10(6-15(11)20)23-7-13-14(8-23)16(13)21/h3-6,13-14,16H,2,7-8,21H2,1H3,(H,22,24)(H,25,26)/t13-,14+,16-. The molecule has 7 heteroatoms. The quantitative estimate of drug-likeness (QED) is 0.775. The van der Waals surface area contributed by atoms with Gasteiger partial charge in [-0.05, 0) is 48.1 Å². The maximum Gasteiger partial charge on any atom is 0.341 e. The fourth-order valence-corrected chi connectivity index (χ4v) is 3.94. The van der Waals surface area contributed by atoms with Gasteiger partial charge in [0.25, 0.3) is 5.56 Å². The van der Waals surface area contributed by atoms with Gasteiger partial charge in [0, 0.05) is 30.4 Å². The molecule has 2 heterocycles. The molecular formula is C19H20FN3O3. The molecule has 1 aliphatic carbocycles. The van der Waals surface area contributed by atoms with E-state index in [9.17, 15) is 14.0 Å². The molecule has 1 aromatic heterocycles. The summed E-state index contributed by atoms with van der Waals surface area (Å²) >= 11 is 0. The van der Waals surface area contributed by atoms with Crippen molar-refractivity contribution in [3.63, 3.8) is 0 Å². The fraction of sp³-hybridized carbons (Fsp3) is 0.368. The number of hydrogen-bond acceptors (Lipinski definition) is 4. The van der Waals surface area contributed by atoms with Crippen LogP contribution in [0.15, 0.2) is 29.1 Å². The lowest BCUT2D eigenvalue weighted by atomic mass is 10.0. The van der Waals surface area contributed by atoms with E-state index in [2.05, 4.69) is 9.88 Å². The summed E-state index contributed by atoms with van der Waals surface area (Å²) in [6.07, 6.45) is 0.473. The van der Waals surface area contributed by atoms with Crippen LogP contribution in [-0.2, 0) is 6.42 Å². The normalized spacial score (nSPS) is 23.8. The average Bonchev–Trinajstić information content (AvgIpc) is 3.03. The number of anilines is 1. The Labute approximate surface area is 149 Å². The molecule has 2 aromatic rings. The number of carbonyl (C=O) groups is 1. The van der Waals surface area contributed by atoms with Gasteiger partial charge in [0.1, 0.15) is 11.4 Å². The van der Waals surface area contributed by atoms with Gasteiger partial charge in [-0.1, -0.05) is 6.92 Å².